The zero-order valence-corrected chi connectivity index (χ0v) is 8.50. The molecule has 2 heteroatoms. The van der Waals surface area contributed by atoms with E-state index in [2.05, 4.69) is 29.6 Å². The van der Waals surface area contributed by atoms with Gasteiger partial charge in [0.1, 0.15) is 0 Å². The van der Waals surface area contributed by atoms with Crippen LogP contribution in [-0.4, -0.2) is 13.1 Å². The minimum absolute atomic E-state index is 0.659. The highest BCUT2D eigenvalue weighted by Gasteiger charge is 2.16. The second kappa shape index (κ2) is 4.47. The number of nitrogens with one attached hydrogen (secondary N) is 1. The van der Waals surface area contributed by atoms with E-state index in [1.165, 1.54) is 24.1 Å². The van der Waals surface area contributed by atoms with Crippen molar-refractivity contribution in [1.82, 2.24) is 0 Å². The Balaban J connectivity index is 2.27. The number of rotatable bonds is 2. The topological polar surface area (TPSA) is 38.0 Å². The molecule has 0 spiro atoms. The van der Waals surface area contributed by atoms with Crippen molar-refractivity contribution in [1.29, 1.82) is 0 Å². The highest BCUT2D eigenvalue weighted by Crippen LogP contribution is 2.32. The van der Waals surface area contributed by atoms with E-state index in [1.54, 1.807) is 0 Å². The van der Waals surface area contributed by atoms with Gasteiger partial charge in [-0.05, 0) is 43.4 Å². The first-order valence-electron chi connectivity index (χ1n) is 5.44. The lowest BCUT2D eigenvalue weighted by atomic mass is 9.91. The lowest BCUT2D eigenvalue weighted by Gasteiger charge is -2.15. The molecule has 0 saturated carbocycles. The van der Waals surface area contributed by atoms with Crippen molar-refractivity contribution < 1.29 is 0 Å². The quantitative estimate of drug-likeness (QED) is 0.751. The lowest BCUT2D eigenvalue weighted by Crippen LogP contribution is -2.07. The molecule has 1 unspecified atom stereocenters. The predicted molar refractivity (Wildman–Crippen MR) is 60.6 cm³/mol. The second-order valence-electron chi connectivity index (χ2n) is 3.93. The summed E-state index contributed by atoms with van der Waals surface area (Å²) in [6, 6.07) is 8.62. The minimum Gasteiger partial charge on any atom is -0.385 e. The van der Waals surface area contributed by atoms with E-state index in [0.717, 1.165) is 19.5 Å². The first-order valence-corrected chi connectivity index (χ1v) is 5.44. The zero-order chi connectivity index (χ0) is 9.80. The van der Waals surface area contributed by atoms with Crippen LogP contribution in [0.5, 0.6) is 0 Å². The van der Waals surface area contributed by atoms with Gasteiger partial charge in [0.25, 0.3) is 0 Å². The summed E-state index contributed by atoms with van der Waals surface area (Å²) < 4.78 is 0. The largest absolute Gasteiger partial charge is 0.385 e. The summed E-state index contributed by atoms with van der Waals surface area (Å²) in [5, 5.41) is 3.47. The molecule has 76 valence electrons. The van der Waals surface area contributed by atoms with Crippen LogP contribution in [0.25, 0.3) is 0 Å². The van der Waals surface area contributed by atoms with Crippen LogP contribution in [-0.2, 0) is 0 Å². The van der Waals surface area contributed by atoms with Gasteiger partial charge in [0.2, 0.25) is 0 Å². The molecule has 14 heavy (non-hydrogen) atoms. The fourth-order valence-electron chi connectivity index (χ4n) is 2.24. The predicted octanol–water partition coefficient (Wildman–Crippen LogP) is 2.32. The SMILES string of the molecule is NCCC1CCCNc2ccccc21. The number of fused-ring (bicyclic) bond motifs is 1. The lowest BCUT2D eigenvalue weighted by molar-refractivity contribution is 0.580. The van der Waals surface area contributed by atoms with E-state index in [-0.39, 0.29) is 0 Å². The monoisotopic (exact) mass is 190 g/mol. The summed E-state index contributed by atoms with van der Waals surface area (Å²) in [4.78, 5) is 0. The van der Waals surface area contributed by atoms with Crippen molar-refractivity contribution >= 4 is 5.69 Å². The van der Waals surface area contributed by atoms with Crippen molar-refractivity contribution in [2.45, 2.75) is 25.2 Å². The maximum absolute atomic E-state index is 5.65. The van der Waals surface area contributed by atoms with E-state index in [9.17, 15) is 0 Å². The van der Waals surface area contributed by atoms with E-state index < -0.39 is 0 Å². The molecule has 0 aliphatic carbocycles. The van der Waals surface area contributed by atoms with Crippen molar-refractivity contribution in [3.63, 3.8) is 0 Å². The van der Waals surface area contributed by atoms with Gasteiger partial charge in [0, 0.05) is 12.2 Å². The van der Waals surface area contributed by atoms with Crippen LogP contribution in [0.4, 0.5) is 5.69 Å². The number of benzene rings is 1. The van der Waals surface area contributed by atoms with Crippen LogP contribution in [0.2, 0.25) is 0 Å². The van der Waals surface area contributed by atoms with Gasteiger partial charge in [0.05, 0.1) is 0 Å². The Morgan fingerprint density at radius 3 is 3.07 bits per heavy atom. The van der Waals surface area contributed by atoms with Crippen LogP contribution < -0.4 is 11.1 Å². The van der Waals surface area contributed by atoms with Gasteiger partial charge in [-0.3, -0.25) is 0 Å². The van der Waals surface area contributed by atoms with Gasteiger partial charge in [-0.1, -0.05) is 18.2 Å². The first-order chi connectivity index (χ1) is 6.92. The molecule has 1 aromatic carbocycles. The Labute approximate surface area is 85.5 Å². The molecule has 0 bridgehead atoms. The summed E-state index contributed by atoms with van der Waals surface area (Å²) in [6.45, 7) is 1.89. The highest BCUT2D eigenvalue weighted by molar-refractivity contribution is 5.53. The molecule has 0 fully saturated rings. The molecule has 1 atom stereocenters. The fourth-order valence-corrected chi connectivity index (χ4v) is 2.24. The molecule has 2 nitrogen and oxygen atoms in total. The molecule has 1 aromatic rings. The summed E-state index contributed by atoms with van der Waals surface area (Å²) in [5.41, 5.74) is 8.41. The number of hydrogen-bond donors (Lipinski definition) is 2. The number of hydrogen-bond acceptors (Lipinski definition) is 2. The number of para-hydroxylation sites is 1. The normalized spacial score (nSPS) is 20.8. The van der Waals surface area contributed by atoms with Crippen LogP contribution >= 0.6 is 0 Å². The fraction of sp³-hybridized carbons (Fsp3) is 0.500. The average Bonchev–Trinajstić information content (AvgIpc) is 2.42. The standard InChI is InChI=1S/C12H18N2/c13-8-7-10-4-3-9-14-12-6-2-1-5-11(10)12/h1-2,5-6,10,14H,3-4,7-9,13H2. The first kappa shape index (κ1) is 9.53. The Morgan fingerprint density at radius 1 is 1.36 bits per heavy atom. The highest BCUT2D eigenvalue weighted by atomic mass is 14.9. The van der Waals surface area contributed by atoms with Crippen molar-refractivity contribution in [2.24, 2.45) is 5.73 Å². The van der Waals surface area contributed by atoms with Crippen LogP contribution in [0.15, 0.2) is 24.3 Å². The van der Waals surface area contributed by atoms with Crippen molar-refractivity contribution in [2.75, 3.05) is 18.4 Å². The summed E-state index contributed by atoms with van der Waals surface area (Å²) in [5.74, 6) is 0.659. The van der Waals surface area contributed by atoms with Crippen LogP contribution in [0.1, 0.15) is 30.7 Å². The number of nitrogens with two attached hydrogens (primary N) is 1. The molecular formula is C12H18N2. The average molecular weight is 190 g/mol. The van der Waals surface area contributed by atoms with Crippen LogP contribution in [0, 0.1) is 0 Å². The Hall–Kier alpha value is -1.02. The summed E-state index contributed by atoms with van der Waals surface area (Å²) in [7, 11) is 0. The van der Waals surface area contributed by atoms with Gasteiger partial charge in [-0.25, -0.2) is 0 Å². The molecule has 0 saturated heterocycles. The van der Waals surface area contributed by atoms with Crippen LogP contribution in [0.3, 0.4) is 0 Å². The maximum Gasteiger partial charge on any atom is 0.0375 e. The maximum atomic E-state index is 5.65. The van der Waals surface area contributed by atoms with E-state index in [4.69, 9.17) is 5.73 Å². The van der Waals surface area contributed by atoms with Gasteiger partial charge >= 0.3 is 0 Å². The van der Waals surface area contributed by atoms with E-state index >= 15 is 0 Å². The molecule has 1 heterocycles. The third-order valence-electron chi connectivity index (χ3n) is 2.96. The Bertz CT molecular complexity index is 296. The summed E-state index contributed by atoms with van der Waals surface area (Å²) in [6.07, 6.45) is 3.62. The molecule has 2 rings (SSSR count). The van der Waals surface area contributed by atoms with Gasteiger partial charge in [0.15, 0.2) is 0 Å². The van der Waals surface area contributed by atoms with Gasteiger partial charge in [-0.15, -0.1) is 0 Å². The van der Waals surface area contributed by atoms with E-state index in [1.807, 2.05) is 0 Å². The van der Waals surface area contributed by atoms with E-state index in [0.29, 0.717) is 5.92 Å². The Morgan fingerprint density at radius 2 is 2.21 bits per heavy atom. The second-order valence-corrected chi connectivity index (χ2v) is 3.93. The van der Waals surface area contributed by atoms with Crippen molar-refractivity contribution in [3.8, 4) is 0 Å². The molecule has 0 aromatic heterocycles. The van der Waals surface area contributed by atoms with Gasteiger partial charge in [-0.2, -0.15) is 0 Å². The number of anilines is 1. The molecule has 1 aliphatic heterocycles. The Kier molecular flexibility index (Phi) is 3.04. The third kappa shape index (κ3) is 1.90. The smallest absolute Gasteiger partial charge is 0.0375 e. The molecule has 0 radical (unpaired) electrons. The van der Waals surface area contributed by atoms with Gasteiger partial charge < -0.3 is 11.1 Å². The zero-order valence-electron chi connectivity index (χ0n) is 8.50. The molecule has 0 amide bonds. The molecular weight excluding hydrogens is 172 g/mol. The third-order valence-corrected chi connectivity index (χ3v) is 2.96. The van der Waals surface area contributed by atoms with Crippen molar-refractivity contribution in [3.05, 3.63) is 29.8 Å². The minimum atomic E-state index is 0.659. The molecule has 3 N–H and O–H groups in total. The summed E-state index contributed by atoms with van der Waals surface area (Å²) >= 11 is 0. The molecule has 1 aliphatic rings.